The first-order valence-corrected chi connectivity index (χ1v) is 5.74. The third kappa shape index (κ3) is 2.24. The molecule has 0 aliphatic heterocycles. The molecule has 0 bridgehead atoms. The van der Waals surface area contributed by atoms with Crippen molar-refractivity contribution in [1.29, 1.82) is 0 Å². The Labute approximate surface area is 92.6 Å². The van der Waals surface area contributed by atoms with Crippen molar-refractivity contribution in [3.63, 3.8) is 0 Å². The van der Waals surface area contributed by atoms with E-state index in [-0.39, 0.29) is 5.41 Å². The van der Waals surface area contributed by atoms with Crippen molar-refractivity contribution in [1.82, 2.24) is 0 Å². The fourth-order valence-electron chi connectivity index (χ4n) is 1.67. The zero-order valence-electron chi connectivity index (χ0n) is 8.00. The topological polar surface area (TPSA) is 17.1 Å². The van der Waals surface area contributed by atoms with E-state index < -0.39 is 0 Å². The average molecular weight is 253 g/mol. The van der Waals surface area contributed by atoms with Crippen molar-refractivity contribution in [2.45, 2.75) is 25.7 Å². The summed E-state index contributed by atoms with van der Waals surface area (Å²) in [7, 11) is 0. The summed E-state index contributed by atoms with van der Waals surface area (Å²) >= 11 is 3.45. The molecular formula is C12H13BrO. The molecule has 1 nitrogen and oxygen atoms in total. The zero-order chi connectivity index (χ0) is 10.0. The normalized spacial score (nSPS) is 17.8. The maximum atomic E-state index is 10.8. The van der Waals surface area contributed by atoms with E-state index in [1.54, 1.807) is 0 Å². The number of benzene rings is 1. The zero-order valence-corrected chi connectivity index (χ0v) is 9.59. The molecule has 0 atom stereocenters. The van der Waals surface area contributed by atoms with Crippen LogP contribution in [0.5, 0.6) is 0 Å². The van der Waals surface area contributed by atoms with Crippen LogP contribution in [-0.4, -0.2) is 6.29 Å². The molecule has 0 unspecified atom stereocenters. The molecule has 0 aromatic heterocycles. The Bertz CT molecular complexity index is 342. The lowest BCUT2D eigenvalue weighted by molar-refractivity contribution is -0.112. The standard InChI is InChI=1S/C12H13BrO/c13-11-3-1-2-10(8-11)4-5-12(9-14)6-7-12/h1-3,8-9H,4-7H2. The molecule has 0 amide bonds. The molecule has 0 saturated heterocycles. The number of carbonyl (C=O) groups is 1. The second kappa shape index (κ2) is 3.85. The largest absolute Gasteiger partial charge is 0.303 e. The van der Waals surface area contributed by atoms with E-state index in [2.05, 4.69) is 28.1 Å². The van der Waals surface area contributed by atoms with Gasteiger partial charge in [0, 0.05) is 9.89 Å². The van der Waals surface area contributed by atoms with Gasteiger partial charge in [0.05, 0.1) is 0 Å². The molecular weight excluding hydrogens is 240 g/mol. The van der Waals surface area contributed by atoms with Crippen molar-refractivity contribution in [2.75, 3.05) is 0 Å². The third-order valence-corrected chi connectivity index (χ3v) is 3.44. The van der Waals surface area contributed by atoms with E-state index in [9.17, 15) is 4.79 Å². The molecule has 0 N–H and O–H groups in total. The van der Waals surface area contributed by atoms with Gasteiger partial charge in [-0.2, -0.15) is 0 Å². The van der Waals surface area contributed by atoms with Crippen molar-refractivity contribution in [2.24, 2.45) is 5.41 Å². The Morgan fingerprint density at radius 1 is 1.43 bits per heavy atom. The minimum Gasteiger partial charge on any atom is -0.303 e. The summed E-state index contributed by atoms with van der Waals surface area (Å²) in [6, 6.07) is 8.31. The summed E-state index contributed by atoms with van der Waals surface area (Å²) in [4.78, 5) is 10.8. The van der Waals surface area contributed by atoms with Crippen LogP contribution in [0.1, 0.15) is 24.8 Å². The van der Waals surface area contributed by atoms with E-state index in [0.717, 1.165) is 36.4 Å². The number of aryl methyl sites for hydroxylation is 1. The molecule has 1 saturated carbocycles. The number of halogens is 1. The fraction of sp³-hybridized carbons (Fsp3) is 0.417. The number of aldehydes is 1. The van der Waals surface area contributed by atoms with Gasteiger partial charge in [-0.25, -0.2) is 0 Å². The molecule has 1 aromatic rings. The van der Waals surface area contributed by atoms with E-state index in [0.29, 0.717) is 0 Å². The molecule has 0 radical (unpaired) electrons. The summed E-state index contributed by atoms with van der Waals surface area (Å²) < 4.78 is 1.12. The van der Waals surface area contributed by atoms with Gasteiger partial charge in [0.15, 0.2) is 0 Å². The Hall–Kier alpha value is -0.630. The summed E-state index contributed by atoms with van der Waals surface area (Å²) in [5, 5.41) is 0. The van der Waals surface area contributed by atoms with Gasteiger partial charge in [0.1, 0.15) is 6.29 Å². The highest BCUT2D eigenvalue weighted by molar-refractivity contribution is 9.10. The quantitative estimate of drug-likeness (QED) is 0.752. The lowest BCUT2D eigenvalue weighted by Gasteiger charge is -2.06. The van der Waals surface area contributed by atoms with Crippen molar-refractivity contribution in [3.05, 3.63) is 34.3 Å². The SMILES string of the molecule is O=CC1(CCc2cccc(Br)c2)CC1. The highest BCUT2D eigenvalue weighted by atomic mass is 79.9. The highest BCUT2D eigenvalue weighted by Crippen LogP contribution is 2.47. The second-order valence-electron chi connectivity index (χ2n) is 4.11. The van der Waals surface area contributed by atoms with Gasteiger partial charge in [-0.3, -0.25) is 0 Å². The smallest absolute Gasteiger partial charge is 0.126 e. The molecule has 74 valence electrons. The van der Waals surface area contributed by atoms with Crippen molar-refractivity contribution >= 4 is 22.2 Å². The van der Waals surface area contributed by atoms with Gasteiger partial charge in [0.2, 0.25) is 0 Å². The molecule has 1 aromatic carbocycles. The van der Waals surface area contributed by atoms with Crippen LogP contribution in [0, 0.1) is 5.41 Å². The molecule has 1 aliphatic carbocycles. The first-order chi connectivity index (χ1) is 6.74. The van der Waals surface area contributed by atoms with Crippen LogP contribution >= 0.6 is 15.9 Å². The maximum Gasteiger partial charge on any atom is 0.126 e. The number of rotatable bonds is 4. The molecule has 2 heteroatoms. The van der Waals surface area contributed by atoms with E-state index >= 15 is 0 Å². The second-order valence-corrected chi connectivity index (χ2v) is 5.03. The van der Waals surface area contributed by atoms with Crippen LogP contribution in [0.3, 0.4) is 0 Å². The van der Waals surface area contributed by atoms with Crippen LogP contribution in [0.4, 0.5) is 0 Å². The van der Waals surface area contributed by atoms with Gasteiger partial charge in [0.25, 0.3) is 0 Å². The Kier molecular flexibility index (Phi) is 2.73. The Morgan fingerprint density at radius 2 is 2.21 bits per heavy atom. The van der Waals surface area contributed by atoms with Crippen LogP contribution in [0.15, 0.2) is 28.7 Å². The summed E-state index contributed by atoms with van der Waals surface area (Å²) in [6.07, 6.45) is 5.34. The first kappa shape index (κ1) is 9.91. The van der Waals surface area contributed by atoms with Gasteiger partial charge in [-0.1, -0.05) is 28.1 Å². The summed E-state index contributed by atoms with van der Waals surface area (Å²) in [6.45, 7) is 0. The van der Waals surface area contributed by atoms with Crippen molar-refractivity contribution < 1.29 is 4.79 Å². The van der Waals surface area contributed by atoms with Crippen LogP contribution in [0.25, 0.3) is 0 Å². The predicted molar refractivity (Wildman–Crippen MR) is 60.2 cm³/mol. The third-order valence-electron chi connectivity index (χ3n) is 2.94. The minimum absolute atomic E-state index is 0.0440. The highest BCUT2D eigenvalue weighted by Gasteiger charge is 2.41. The number of hydrogen-bond donors (Lipinski definition) is 0. The summed E-state index contributed by atoms with van der Waals surface area (Å²) in [5.41, 5.74) is 1.36. The Balaban J connectivity index is 1.95. The molecule has 0 heterocycles. The van der Waals surface area contributed by atoms with E-state index in [1.165, 1.54) is 5.56 Å². The number of carbonyl (C=O) groups excluding carboxylic acids is 1. The maximum absolute atomic E-state index is 10.8. The van der Waals surface area contributed by atoms with E-state index in [1.807, 2.05) is 12.1 Å². The lowest BCUT2D eigenvalue weighted by Crippen LogP contribution is -2.03. The van der Waals surface area contributed by atoms with Crippen LogP contribution < -0.4 is 0 Å². The lowest BCUT2D eigenvalue weighted by atomic mass is 9.98. The van der Waals surface area contributed by atoms with Gasteiger partial charge in [-0.05, 0) is 43.4 Å². The van der Waals surface area contributed by atoms with Gasteiger partial charge in [-0.15, -0.1) is 0 Å². The number of hydrogen-bond acceptors (Lipinski definition) is 1. The van der Waals surface area contributed by atoms with Crippen LogP contribution in [0.2, 0.25) is 0 Å². The monoisotopic (exact) mass is 252 g/mol. The molecule has 1 fully saturated rings. The predicted octanol–water partition coefficient (Wildman–Crippen LogP) is 3.36. The molecule has 2 rings (SSSR count). The first-order valence-electron chi connectivity index (χ1n) is 4.95. The minimum atomic E-state index is 0.0440. The van der Waals surface area contributed by atoms with Crippen LogP contribution in [-0.2, 0) is 11.2 Å². The Morgan fingerprint density at radius 3 is 2.79 bits per heavy atom. The van der Waals surface area contributed by atoms with Gasteiger partial charge < -0.3 is 4.79 Å². The molecule has 0 spiro atoms. The van der Waals surface area contributed by atoms with Gasteiger partial charge >= 0.3 is 0 Å². The average Bonchev–Trinajstić information content (AvgIpc) is 2.96. The van der Waals surface area contributed by atoms with Crippen molar-refractivity contribution in [3.8, 4) is 0 Å². The fourth-order valence-corrected chi connectivity index (χ4v) is 2.12. The molecule has 1 aliphatic rings. The summed E-state index contributed by atoms with van der Waals surface area (Å²) in [5.74, 6) is 0. The van der Waals surface area contributed by atoms with E-state index in [4.69, 9.17) is 0 Å². The molecule has 14 heavy (non-hydrogen) atoms.